The molecule has 0 fully saturated rings. The van der Waals surface area contributed by atoms with Gasteiger partial charge >= 0.3 is 0 Å². The van der Waals surface area contributed by atoms with Crippen molar-refractivity contribution in [3.8, 4) is 0 Å². The number of hydrogen-bond donors (Lipinski definition) is 0. The van der Waals surface area contributed by atoms with Crippen LogP contribution in [0.1, 0.15) is 16.8 Å². The standard InChI is InChI=1S/C9H5F3O3/c10-5-2-1-4(8(11)9(5)12)6(13)3-7(14)15/h1-2H,3H2,(H,14,15)/p-1. The molecule has 0 aromatic heterocycles. The third-order valence-corrected chi connectivity index (χ3v) is 1.64. The quantitative estimate of drug-likeness (QED) is 0.419. The summed E-state index contributed by atoms with van der Waals surface area (Å²) in [5, 5.41) is 10.0. The van der Waals surface area contributed by atoms with E-state index in [1.807, 2.05) is 0 Å². The smallest absolute Gasteiger partial charge is 0.195 e. The highest BCUT2D eigenvalue weighted by atomic mass is 19.2. The second kappa shape index (κ2) is 4.12. The van der Waals surface area contributed by atoms with Crippen LogP contribution in [-0.4, -0.2) is 11.8 Å². The van der Waals surface area contributed by atoms with Crippen molar-refractivity contribution in [2.45, 2.75) is 6.42 Å². The maximum atomic E-state index is 12.9. The Morgan fingerprint density at radius 3 is 2.27 bits per heavy atom. The van der Waals surface area contributed by atoms with Crippen molar-refractivity contribution in [1.29, 1.82) is 0 Å². The third kappa shape index (κ3) is 2.34. The van der Waals surface area contributed by atoms with Crippen LogP contribution in [0.4, 0.5) is 13.2 Å². The van der Waals surface area contributed by atoms with Gasteiger partial charge in [-0.2, -0.15) is 0 Å². The predicted molar refractivity (Wildman–Crippen MR) is 40.3 cm³/mol. The Bertz CT molecular complexity index is 429. The molecule has 0 spiro atoms. The summed E-state index contributed by atoms with van der Waals surface area (Å²) in [4.78, 5) is 21.0. The number of ketones is 1. The summed E-state index contributed by atoms with van der Waals surface area (Å²) in [6, 6.07) is 1.22. The van der Waals surface area contributed by atoms with Crippen LogP contribution in [0.3, 0.4) is 0 Å². The number of Topliss-reactive ketones (excluding diaryl/α,β-unsaturated/α-hetero) is 1. The molecule has 80 valence electrons. The first-order valence-corrected chi connectivity index (χ1v) is 3.80. The molecule has 1 rings (SSSR count). The van der Waals surface area contributed by atoms with E-state index in [4.69, 9.17) is 0 Å². The van der Waals surface area contributed by atoms with Crippen molar-refractivity contribution in [2.75, 3.05) is 0 Å². The molecule has 0 amide bonds. The molecule has 0 unspecified atom stereocenters. The first-order valence-electron chi connectivity index (χ1n) is 3.80. The van der Waals surface area contributed by atoms with Crippen LogP contribution in [0.5, 0.6) is 0 Å². The first kappa shape index (κ1) is 11.2. The monoisotopic (exact) mass is 217 g/mol. The lowest BCUT2D eigenvalue weighted by atomic mass is 10.1. The molecule has 0 aliphatic rings. The summed E-state index contributed by atoms with van der Waals surface area (Å²) in [5.41, 5.74) is -0.807. The fraction of sp³-hybridized carbons (Fsp3) is 0.111. The molecule has 0 bridgehead atoms. The van der Waals surface area contributed by atoms with E-state index in [1.165, 1.54) is 0 Å². The fourth-order valence-corrected chi connectivity index (χ4v) is 0.968. The number of rotatable bonds is 3. The predicted octanol–water partition coefficient (Wildman–Crippen LogP) is 0.427. The molecule has 1 aromatic carbocycles. The Balaban J connectivity index is 3.11. The zero-order chi connectivity index (χ0) is 11.6. The van der Waals surface area contributed by atoms with E-state index in [2.05, 4.69) is 0 Å². The number of carbonyl (C=O) groups is 2. The van der Waals surface area contributed by atoms with Gasteiger partial charge in [-0.1, -0.05) is 0 Å². The van der Waals surface area contributed by atoms with E-state index in [0.717, 1.165) is 0 Å². The van der Waals surface area contributed by atoms with Crippen molar-refractivity contribution < 1.29 is 27.9 Å². The van der Waals surface area contributed by atoms with Crippen molar-refractivity contribution >= 4 is 11.8 Å². The molecular weight excluding hydrogens is 213 g/mol. The molecule has 0 aliphatic carbocycles. The van der Waals surface area contributed by atoms with Gasteiger partial charge in [0.05, 0.1) is 12.0 Å². The minimum atomic E-state index is -1.81. The van der Waals surface area contributed by atoms with Gasteiger partial charge in [-0.25, -0.2) is 13.2 Å². The molecule has 15 heavy (non-hydrogen) atoms. The summed E-state index contributed by atoms with van der Waals surface area (Å²) < 4.78 is 38.0. The van der Waals surface area contributed by atoms with Crippen LogP contribution in [0, 0.1) is 17.5 Å². The van der Waals surface area contributed by atoms with Crippen LogP contribution in [0.15, 0.2) is 12.1 Å². The van der Waals surface area contributed by atoms with Gasteiger partial charge in [-0.15, -0.1) is 0 Å². The molecular formula is C9H4F3O3-. The van der Waals surface area contributed by atoms with E-state index >= 15 is 0 Å². The van der Waals surface area contributed by atoms with Gasteiger partial charge in [-0.05, 0) is 12.1 Å². The van der Waals surface area contributed by atoms with Gasteiger partial charge in [0.2, 0.25) is 0 Å². The Morgan fingerprint density at radius 1 is 1.13 bits per heavy atom. The van der Waals surface area contributed by atoms with Crippen LogP contribution in [0.2, 0.25) is 0 Å². The summed E-state index contributed by atoms with van der Waals surface area (Å²) >= 11 is 0. The van der Waals surface area contributed by atoms with Crippen molar-refractivity contribution in [1.82, 2.24) is 0 Å². The highest BCUT2D eigenvalue weighted by molar-refractivity contribution is 6.05. The average Bonchev–Trinajstić information content (AvgIpc) is 2.13. The molecule has 0 atom stereocenters. The first-order chi connectivity index (χ1) is 6.93. The Hall–Kier alpha value is -1.85. The zero-order valence-electron chi connectivity index (χ0n) is 7.22. The fourth-order valence-electron chi connectivity index (χ4n) is 0.968. The van der Waals surface area contributed by atoms with Crippen molar-refractivity contribution in [2.24, 2.45) is 0 Å². The molecule has 0 saturated heterocycles. The van der Waals surface area contributed by atoms with Gasteiger partial charge in [0.1, 0.15) is 0 Å². The van der Waals surface area contributed by atoms with Gasteiger partial charge in [0.25, 0.3) is 0 Å². The lowest BCUT2D eigenvalue weighted by Gasteiger charge is -2.04. The van der Waals surface area contributed by atoms with Crippen molar-refractivity contribution in [3.05, 3.63) is 35.1 Å². The van der Waals surface area contributed by atoms with Gasteiger partial charge in [0.15, 0.2) is 23.2 Å². The zero-order valence-corrected chi connectivity index (χ0v) is 7.22. The van der Waals surface area contributed by atoms with Crippen LogP contribution >= 0.6 is 0 Å². The Morgan fingerprint density at radius 2 is 1.73 bits per heavy atom. The summed E-state index contributed by atoms with van der Waals surface area (Å²) in [6.07, 6.45) is -1.08. The number of carboxylic acids is 1. The van der Waals surface area contributed by atoms with Gasteiger partial charge in [-0.3, -0.25) is 4.79 Å². The number of hydrogen-bond acceptors (Lipinski definition) is 3. The Kier molecular flexibility index (Phi) is 3.08. The normalized spacial score (nSPS) is 10.1. The topological polar surface area (TPSA) is 57.2 Å². The lowest BCUT2D eigenvalue weighted by molar-refractivity contribution is -0.304. The summed E-state index contributed by atoms with van der Waals surface area (Å²) in [7, 11) is 0. The number of aliphatic carboxylic acids is 1. The number of carbonyl (C=O) groups excluding carboxylic acids is 2. The van der Waals surface area contributed by atoms with E-state index < -0.39 is 41.2 Å². The van der Waals surface area contributed by atoms with E-state index in [0.29, 0.717) is 12.1 Å². The molecule has 0 heterocycles. The molecule has 0 radical (unpaired) electrons. The van der Waals surface area contributed by atoms with Gasteiger partial charge in [0, 0.05) is 5.97 Å². The second-order valence-electron chi connectivity index (χ2n) is 2.69. The second-order valence-corrected chi connectivity index (χ2v) is 2.69. The van der Waals surface area contributed by atoms with E-state index in [1.54, 1.807) is 0 Å². The minimum absolute atomic E-state index is 0.543. The summed E-state index contributed by atoms with van der Waals surface area (Å²) in [6.45, 7) is 0. The van der Waals surface area contributed by atoms with Crippen LogP contribution < -0.4 is 5.11 Å². The number of benzene rings is 1. The van der Waals surface area contributed by atoms with Crippen LogP contribution in [0.25, 0.3) is 0 Å². The molecule has 0 aliphatic heterocycles. The molecule has 6 heteroatoms. The number of carboxylic acid groups (broad SMARTS) is 1. The van der Waals surface area contributed by atoms with E-state index in [-0.39, 0.29) is 0 Å². The SMILES string of the molecule is O=C([O-])CC(=O)c1ccc(F)c(F)c1F. The molecule has 0 saturated carbocycles. The molecule has 1 aromatic rings. The Labute approximate surface area is 82.1 Å². The lowest BCUT2D eigenvalue weighted by Crippen LogP contribution is -2.25. The molecule has 0 N–H and O–H groups in total. The highest BCUT2D eigenvalue weighted by Crippen LogP contribution is 2.16. The largest absolute Gasteiger partial charge is 0.550 e. The third-order valence-electron chi connectivity index (χ3n) is 1.64. The number of halogens is 3. The summed E-state index contributed by atoms with van der Waals surface area (Å²) in [5.74, 6) is -7.84. The maximum absolute atomic E-state index is 12.9. The van der Waals surface area contributed by atoms with Crippen LogP contribution in [-0.2, 0) is 4.79 Å². The molecule has 3 nitrogen and oxygen atoms in total. The maximum Gasteiger partial charge on any atom is 0.195 e. The van der Waals surface area contributed by atoms with Gasteiger partial charge < -0.3 is 9.90 Å². The average molecular weight is 217 g/mol. The van der Waals surface area contributed by atoms with Crippen molar-refractivity contribution in [3.63, 3.8) is 0 Å². The minimum Gasteiger partial charge on any atom is -0.550 e. The highest BCUT2D eigenvalue weighted by Gasteiger charge is 2.18. The van der Waals surface area contributed by atoms with E-state index in [9.17, 15) is 27.9 Å².